The molecule has 0 saturated heterocycles. The van der Waals surface area contributed by atoms with E-state index in [-0.39, 0.29) is 11.3 Å². The number of hydrogen-bond acceptors (Lipinski definition) is 3. The van der Waals surface area contributed by atoms with E-state index in [1.54, 1.807) is 0 Å². The van der Waals surface area contributed by atoms with E-state index in [1.807, 2.05) is 0 Å². The Kier molecular flexibility index (Phi) is 2.11. The van der Waals surface area contributed by atoms with Crippen LogP contribution in [0.25, 0.3) is 0 Å². The van der Waals surface area contributed by atoms with Crippen LogP contribution in [0.15, 0.2) is 17.3 Å². The second-order valence-electron chi connectivity index (χ2n) is 4.63. The third kappa shape index (κ3) is 1.49. The summed E-state index contributed by atoms with van der Waals surface area (Å²) in [7, 11) is 0. The fourth-order valence-corrected chi connectivity index (χ4v) is 2.47. The third-order valence-electron chi connectivity index (χ3n) is 3.51. The maximum Gasteiger partial charge on any atom is 0.168 e. The number of fused-ring (bicyclic) bond motifs is 1. The second kappa shape index (κ2) is 3.42. The van der Waals surface area contributed by atoms with Crippen molar-refractivity contribution >= 4 is 5.71 Å². The van der Waals surface area contributed by atoms with Gasteiger partial charge >= 0.3 is 0 Å². The molecule has 1 aromatic rings. The first kappa shape index (κ1) is 10.5. The Morgan fingerprint density at radius 2 is 2.06 bits per heavy atom. The largest absolute Gasteiger partial charge is 0.483 e. The van der Waals surface area contributed by atoms with Crippen LogP contribution in [-0.4, -0.2) is 16.5 Å². The van der Waals surface area contributed by atoms with Gasteiger partial charge < -0.3 is 9.94 Å². The van der Waals surface area contributed by atoms with Gasteiger partial charge in [0.2, 0.25) is 0 Å². The Balaban J connectivity index is 2.14. The molecule has 90 valence electrons. The summed E-state index contributed by atoms with van der Waals surface area (Å²) in [6.07, 6.45) is 3.03. The van der Waals surface area contributed by atoms with Crippen LogP contribution in [0.2, 0.25) is 0 Å². The fourth-order valence-electron chi connectivity index (χ4n) is 2.47. The van der Waals surface area contributed by atoms with E-state index in [2.05, 4.69) is 5.16 Å². The lowest BCUT2D eigenvalue weighted by atomic mass is 9.74. The lowest BCUT2D eigenvalue weighted by Gasteiger charge is -2.45. The van der Waals surface area contributed by atoms with Gasteiger partial charge in [-0.1, -0.05) is 5.16 Å². The standard InChI is InChI=1S/C12H11F2NO2/c13-7-4-8-10(15-16)6-12(2-1-3-12)17-11(8)9(14)5-7/h4-5,16H,1-3,6H2. The number of benzene rings is 1. The Morgan fingerprint density at radius 1 is 1.29 bits per heavy atom. The summed E-state index contributed by atoms with van der Waals surface area (Å²) < 4.78 is 32.4. The predicted octanol–water partition coefficient (Wildman–Crippen LogP) is 2.85. The molecule has 1 N–H and O–H groups in total. The monoisotopic (exact) mass is 239 g/mol. The molecule has 3 nitrogen and oxygen atoms in total. The van der Waals surface area contributed by atoms with E-state index in [0.717, 1.165) is 31.4 Å². The Hall–Kier alpha value is -1.65. The van der Waals surface area contributed by atoms with Gasteiger partial charge in [0.05, 0.1) is 5.71 Å². The first-order chi connectivity index (χ1) is 8.13. The van der Waals surface area contributed by atoms with Crippen molar-refractivity contribution in [3.63, 3.8) is 0 Å². The minimum atomic E-state index is -0.743. The second-order valence-corrected chi connectivity index (χ2v) is 4.63. The summed E-state index contributed by atoms with van der Waals surface area (Å²) >= 11 is 0. The number of ether oxygens (including phenoxy) is 1. The van der Waals surface area contributed by atoms with Crippen molar-refractivity contribution in [1.82, 2.24) is 0 Å². The van der Waals surface area contributed by atoms with E-state index in [9.17, 15) is 8.78 Å². The third-order valence-corrected chi connectivity index (χ3v) is 3.51. The van der Waals surface area contributed by atoms with Crippen LogP contribution >= 0.6 is 0 Å². The topological polar surface area (TPSA) is 41.8 Å². The van der Waals surface area contributed by atoms with Crippen LogP contribution in [-0.2, 0) is 0 Å². The molecule has 1 fully saturated rings. The average molecular weight is 239 g/mol. The van der Waals surface area contributed by atoms with Gasteiger partial charge in [0.25, 0.3) is 0 Å². The van der Waals surface area contributed by atoms with Gasteiger partial charge in [-0.3, -0.25) is 0 Å². The van der Waals surface area contributed by atoms with Gasteiger partial charge in [0.1, 0.15) is 11.4 Å². The lowest BCUT2D eigenvalue weighted by molar-refractivity contribution is -0.00883. The number of nitrogens with zero attached hydrogens (tertiary/aromatic N) is 1. The maximum absolute atomic E-state index is 13.6. The zero-order valence-corrected chi connectivity index (χ0v) is 9.04. The lowest BCUT2D eigenvalue weighted by Crippen LogP contribution is -2.48. The summed E-state index contributed by atoms with van der Waals surface area (Å²) in [4.78, 5) is 0. The Bertz CT molecular complexity index is 509. The predicted molar refractivity (Wildman–Crippen MR) is 56.5 cm³/mol. The number of halogens is 2. The molecule has 3 rings (SSSR count). The quantitative estimate of drug-likeness (QED) is 0.558. The van der Waals surface area contributed by atoms with Crippen LogP contribution in [0.3, 0.4) is 0 Å². The molecule has 0 amide bonds. The van der Waals surface area contributed by atoms with E-state index >= 15 is 0 Å². The molecule has 5 heteroatoms. The highest BCUT2D eigenvalue weighted by atomic mass is 19.1. The minimum Gasteiger partial charge on any atom is -0.483 e. The molecule has 0 atom stereocenters. The minimum absolute atomic E-state index is 0.00477. The van der Waals surface area contributed by atoms with Crippen molar-refractivity contribution in [2.24, 2.45) is 5.16 Å². The van der Waals surface area contributed by atoms with Crippen LogP contribution in [0.4, 0.5) is 8.78 Å². The molecule has 2 aliphatic rings. The van der Waals surface area contributed by atoms with E-state index in [0.29, 0.717) is 12.1 Å². The summed E-state index contributed by atoms with van der Waals surface area (Å²) in [6, 6.07) is 1.92. The molecule has 17 heavy (non-hydrogen) atoms. The first-order valence-corrected chi connectivity index (χ1v) is 5.53. The average Bonchev–Trinajstić information content (AvgIpc) is 2.26. The molecule has 1 aliphatic carbocycles. The highest BCUT2D eigenvalue weighted by molar-refractivity contribution is 6.04. The van der Waals surface area contributed by atoms with E-state index < -0.39 is 17.2 Å². The van der Waals surface area contributed by atoms with Crippen molar-refractivity contribution in [3.05, 3.63) is 29.3 Å². The van der Waals surface area contributed by atoms with Gasteiger partial charge in [0, 0.05) is 18.1 Å². The smallest absolute Gasteiger partial charge is 0.168 e. The normalized spacial score (nSPS) is 23.1. The van der Waals surface area contributed by atoms with Crippen molar-refractivity contribution in [1.29, 1.82) is 0 Å². The van der Waals surface area contributed by atoms with Gasteiger partial charge in [0.15, 0.2) is 11.6 Å². The van der Waals surface area contributed by atoms with Crippen LogP contribution in [0, 0.1) is 11.6 Å². The van der Waals surface area contributed by atoms with Crippen molar-refractivity contribution in [2.75, 3.05) is 0 Å². The summed E-state index contributed by atoms with van der Waals surface area (Å²) in [6.45, 7) is 0. The van der Waals surface area contributed by atoms with Crippen LogP contribution < -0.4 is 4.74 Å². The molecular formula is C12H11F2NO2. The summed E-state index contributed by atoms with van der Waals surface area (Å²) in [5, 5.41) is 12.1. The molecule has 1 heterocycles. The van der Waals surface area contributed by atoms with Gasteiger partial charge in [-0.25, -0.2) is 8.78 Å². The number of hydrogen-bond donors (Lipinski definition) is 1. The maximum atomic E-state index is 13.6. The van der Waals surface area contributed by atoms with Crippen molar-refractivity contribution in [3.8, 4) is 5.75 Å². The summed E-state index contributed by atoms with van der Waals surface area (Å²) in [5.74, 6) is -1.44. The molecule has 1 aromatic carbocycles. The molecule has 0 bridgehead atoms. The zero-order chi connectivity index (χ0) is 12.0. The van der Waals surface area contributed by atoms with Crippen molar-refractivity contribution in [2.45, 2.75) is 31.3 Å². The fraction of sp³-hybridized carbons (Fsp3) is 0.417. The molecule has 1 aliphatic heterocycles. The van der Waals surface area contributed by atoms with Crippen molar-refractivity contribution < 1.29 is 18.7 Å². The molecule has 0 radical (unpaired) electrons. The Morgan fingerprint density at radius 3 is 2.65 bits per heavy atom. The van der Waals surface area contributed by atoms with Gasteiger partial charge in [-0.2, -0.15) is 0 Å². The first-order valence-electron chi connectivity index (χ1n) is 5.53. The zero-order valence-electron chi connectivity index (χ0n) is 9.04. The van der Waals surface area contributed by atoms with E-state index in [1.165, 1.54) is 0 Å². The van der Waals surface area contributed by atoms with E-state index in [4.69, 9.17) is 9.94 Å². The number of rotatable bonds is 0. The molecule has 1 spiro atoms. The highest BCUT2D eigenvalue weighted by Gasteiger charge is 2.45. The molecule has 0 aromatic heterocycles. The number of oxime groups is 1. The van der Waals surface area contributed by atoms with Crippen LogP contribution in [0.5, 0.6) is 5.75 Å². The van der Waals surface area contributed by atoms with Gasteiger partial charge in [-0.05, 0) is 25.3 Å². The Labute approximate surface area is 96.7 Å². The highest BCUT2D eigenvalue weighted by Crippen LogP contribution is 2.46. The molecule has 1 saturated carbocycles. The van der Waals surface area contributed by atoms with Gasteiger partial charge in [-0.15, -0.1) is 0 Å². The van der Waals surface area contributed by atoms with Crippen LogP contribution in [0.1, 0.15) is 31.2 Å². The molecular weight excluding hydrogens is 228 g/mol. The SMILES string of the molecule is ON=C1CC2(CCC2)Oc2c(F)cc(F)cc21. The summed E-state index contributed by atoms with van der Waals surface area (Å²) in [5.41, 5.74) is 0.0552. The molecule has 0 unspecified atom stereocenters.